The zero-order valence-corrected chi connectivity index (χ0v) is 10.7. The number of nitrogens with zero attached hydrogens (tertiary/aromatic N) is 1. The molecule has 0 bridgehead atoms. The minimum Gasteiger partial charge on any atom is -0.444 e. The molecule has 1 fully saturated rings. The molecular weight excluding hydrogens is 228 g/mol. The highest BCUT2D eigenvalue weighted by Crippen LogP contribution is 2.15. The smallest absolute Gasteiger partial charge is 0.410 e. The quantitative estimate of drug-likeness (QED) is 0.691. The summed E-state index contributed by atoms with van der Waals surface area (Å²) in [5.41, 5.74) is -0.484. The zero-order chi connectivity index (χ0) is 12.3. The number of likely N-dealkylation sites (tertiary alicyclic amines) is 1. The van der Waals surface area contributed by atoms with Crippen LogP contribution in [0.25, 0.3) is 0 Å². The normalized spacial score (nSPS) is 20.8. The highest BCUT2D eigenvalue weighted by Gasteiger charge is 2.29. The van der Waals surface area contributed by atoms with Crippen LogP contribution in [0.3, 0.4) is 0 Å². The monoisotopic (exact) mass is 246 g/mol. The number of hydrogen-bond acceptors (Lipinski definition) is 3. The van der Waals surface area contributed by atoms with E-state index in [0.717, 1.165) is 6.42 Å². The molecule has 0 aliphatic carbocycles. The van der Waals surface area contributed by atoms with Crippen molar-refractivity contribution in [3.05, 3.63) is 0 Å². The second kappa shape index (κ2) is 4.95. The Morgan fingerprint density at radius 2 is 2.06 bits per heavy atom. The van der Waals surface area contributed by atoms with E-state index in [1.54, 1.807) is 4.90 Å². The Morgan fingerprint density at radius 3 is 2.56 bits per heavy atom. The van der Waals surface area contributed by atoms with Gasteiger partial charge in [0.05, 0.1) is 0 Å². The third kappa shape index (κ3) is 4.30. The summed E-state index contributed by atoms with van der Waals surface area (Å²) >= 11 is 3.64. The molecule has 16 heavy (non-hydrogen) atoms. The Balaban J connectivity index is 2.41. The maximum absolute atomic E-state index is 11.7. The number of hydrogen-bond donors (Lipinski definition) is 2. The topological polar surface area (TPSA) is 58.6 Å². The number of rotatable bonds is 1. The first-order chi connectivity index (χ1) is 7.28. The maximum Gasteiger partial charge on any atom is 0.410 e. The molecule has 0 aromatic rings. The number of amides is 2. The predicted octanol–water partition coefficient (Wildman–Crippen LogP) is 1.64. The van der Waals surface area contributed by atoms with Crippen LogP contribution in [0.15, 0.2) is 0 Å². The van der Waals surface area contributed by atoms with Crippen molar-refractivity contribution >= 4 is 24.0 Å². The third-order valence-corrected chi connectivity index (χ3v) is 2.30. The third-order valence-electron chi connectivity index (χ3n) is 2.17. The molecule has 1 heterocycles. The first kappa shape index (κ1) is 13.2. The zero-order valence-electron chi connectivity index (χ0n) is 9.82. The second-order valence-corrected chi connectivity index (χ2v) is 5.27. The van der Waals surface area contributed by atoms with Crippen molar-refractivity contribution in [2.45, 2.75) is 38.8 Å². The van der Waals surface area contributed by atoms with E-state index >= 15 is 0 Å². The highest BCUT2D eigenvalue weighted by molar-refractivity contribution is 7.96. The van der Waals surface area contributed by atoms with E-state index in [-0.39, 0.29) is 17.4 Å². The van der Waals surface area contributed by atoms with Crippen LogP contribution in [0.2, 0.25) is 0 Å². The lowest BCUT2D eigenvalue weighted by Crippen LogP contribution is -2.38. The van der Waals surface area contributed by atoms with Crippen molar-refractivity contribution in [2.24, 2.45) is 0 Å². The van der Waals surface area contributed by atoms with E-state index in [1.807, 2.05) is 20.8 Å². The van der Waals surface area contributed by atoms with Crippen LogP contribution in [-0.4, -0.2) is 41.0 Å². The van der Waals surface area contributed by atoms with Gasteiger partial charge in [-0.25, -0.2) is 4.79 Å². The fraction of sp³-hybridized carbons (Fsp3) is 0.800. The van der Waals surface area contributed by atoms with Gasteiger partial charge in [0.2, 0.25) is 0 Å². The average molecular weight is 246 g/mol. The minimum atomic E-state index is -0.484. The van der Waals surface area contributed by atoms with Gasteiger partial charge in [0.15, 0.2) is 0 Å². The average Bonchev–Trinajstić information content (AvgIpc) is 2.48. The van der Waals surface area contributed by atoms with Gasteiger partial charge in [-0.2, -0.15) is 0 Å². The van der Waals surface area contributed by atoms with E-state index in [9.17, 15) is 9.59 Å². The first-order valence-corrected chi connectivity index (χ1v) is 5.70. The molecule has 1 atom stereocenters. The summed E-state index contributed by atoms with van der Waals surface area (Å²) < 4.78 is 5.23. The number of carbonyl (C=O) groups excluding carboxylic acids is 2. The standard InChI is InChI=1S/C10H18N2O3S/c1-10(2,3)15-9(14)12-5-4-7(6-12)11-8(13)16/h7H,4-6H2,1-3H3,(H2,11,13,16). The summed E-state index contributed by atoms with van der Waals surface area (Å²) in [5, 5.41) is 2.30. The first-order valence-electron chi connectivity index (χ1n) is 5.25. The summed E-state index contributed by atoms with van der Waals surface area (Å²) in [5.74, 6) is 0. The Hall–Kier alpha value is -0.910. The van der Waals surface area contributed by atoms with Gasteiger partial charge in [-0.05, 0) is 27.2 Å². The predicted molar refractivity (Wildman–Crippen MR) is 63.7 cm³/mol. The van der Waals surface area contributed by atoms with Crippen LogP contribution in [0.1, 0.15) is 27.2 Å². The summed E-state index contributed by atoms with van der Waals surface area (Å²) in [7, 11) is 0. The van der Waals surface area contributed by atoms with Gasteiger partial charge in [0, 0.05) is 19.1 Å². The largest absolute Gasteiger partial charge is 0.444 e. The number of carbonyl (C=O) groups is 2. The fourth-order valence-corrected chi connectivity index (χ4v) is 1.73. The van der Waals surface area contributed by atoms with Gasteiger partial charge < -0.3 is 15.0 Å². The second-order valence-electron chi connectivity index (χ2n) is 4.86. The molecule has 1 aliphatic heterocycles. The molecule has 0 radical (unpaired) electrons. The summed E-state index contributed by atoms with van der Waals surface area (Å²) in [6.45, 7) is 6.57. The molecule has 92 valence electrons. The Bertz CT molecular complexity index is 288. The van der Waals surface area contributed by atoms with Gasteiger partial charge in [0.25, 0.3) is 5.24 Å². The van der Waals surface area contributed by atoms with E-state index < -0.39 is 5.60 Å². The molecule has 0 spiro atoms. The molecule has 1 saturated heterocycles. The van der Waals surface area contributed by atoms with Crippen molar-refractivity contribution in [1.29, 1.82) is 0 Å². The van der Waals surface area contributed by atoms with Crippen LogP contribution in [0, 0.1) is 0 Å². The van der Waals surface area contributed by atoms with Crippen molar-refractivity contribution in [1.82, 2.24) is 10.2 Å². The van der Waals surface area contributed by atoms with Gasteiger partial charge in [-0.1, -0.05) is 12.6 Å². The molecule has 6 heteroatoms. The Labute approximate surface area is 101 Å². The van der Waals surface area contributed by atoms with E-state index in [2.05, 4.69) is 17.9 Å². The van der Waals surface area contributed by atoms with Crippen molar-refractivity contribution < 1.29 is 14.3 Å². The molecular formula is C10H18N2O3S. The molecule has 0 aromatic carbocycles. The SMILES string of the molecule is CC(C)(C)OC(=O)N1CCC(NC(=O)S)C1. The maximum atomic E-state index is 11.7. The molecule has 0 saturated carbocycles. The highest BCUT2D eigenvalue weighted by atomic mass is 32.1. The number of ether oxygens (including phenoxy) is 1. The lowest BCUT2D eigenvalue weighted by molar-refractivity contribution is 0.0291. The lowest BCUT2D eigenvalue weighted by Gasteiger charge is -2.24. The molecule has 1 unspecified atom stereocenters. The number of thiol groups is 1. The van der Waals surface area contributed by atoms with E-state index in [0.29, 0.717) is 13.1 Å². The molecule has 1 aliphatic rings. The van der Waals surface area contributed by atoms with E-state index in [4.69, 9.17) is 4.74 Å². The molecule has 1 N–H and O–H groups in total. The fourth-order valence-electron chi connectivity index (χ4n) is 1.55. The Kier molecular flexibility index (Phi) is 4.07. The van der Waals surface area contributed by atoms with Crippen LogP contribution in [-0.2, 0) is 4.74 Å². The van der Waals surface area contributed by atoms with E-state index in [1.165, 1.54) is 0 Å². The van der Waals surface area contributed by atoms with Crippen molar-refractivity contribution in [3.8, 4) is 0 Å². The Morgan fingerprint density at radius 1 is 1.44 bits per heavy atom. The minimum absolute atomic E-state index is 0.0162. The summed E-state index contributed by atoms with van der Waals surface area (Å²) in [6, 6.07) is -0.0162. The van der Waals surface area contributed by atoms with Crippen molar-refractivity contribution in [3.63, 3.8) is 0 Å². The van der Waals surface area contributed by atoms with Crippen LogP contribution in [0.4, 0.5) is 9.59 Å². The van der Waals surface area contributed by atoms with Crippen LogP contribution < -0.4 is 5.32 Å². The van der Waals surface area contributed by atoms with Gasteiger partial charge in [0.1, 0.15) is 5.60 Å². The van der Waals surface area contributed by atoms with Gasteiger partial charge in [-0.15, -0.1) is 0 Å². The van der Waals surface area contributed by atoms with Gasteiger partial charge >= 0.3 is 6.09 Å². The van der Waals surface area contributed by atoms with Gasteiger partial charge in [-0.3, -0.25) is 4.79 Å². The van der Waals surface area contributed by atoms with Crippen LogP contribution >= 0.6 is 12.6 Å². The molecule has 0 aromatic heterocycles. The lowest BCUT2D eigenvalue weighted by atomic mass is 10.2. The molecule has 2 amide bonds. The molecule has 5 nitrogen and oxygen atoms in total. The van der Waals surface area contributed by atoms with Crippen LogP contribution in [0.5, 0.6) is 0 Å². The summed E-state index contributed by atoms with van der Waals surface area (Å²) in [6.07, 6.45) is 0.411. The summed E-state index contributed by atoms with van der Waals surface area (Å²) in [4.78, 5) is 24.0. The molecule has 1 rings (SSSR count). The number of nitrogens with one attached hydrogen (secondary N) is 1. The van der Waals surface area contributed by atoms with Crippen molar-refractivity contribution in [2.75, 3.05) is 13.1 Å².